The molecule has 0 atom stereocenters. The summed E-state index contributed by atoms with van der Waals surface area (Å²) < 4.78 is 13.4. The Morgan fingerprint density at radius 2 is 2.15 bits per heavy atom. The molecular formula is C18H23N5O2S2. The zero-order valence-electron chi connectivity index (χ0n) is 15.4. The van der Waals surface area contributed by atoms with Gasteiger partial charge < -0.3 is 14.8 Å². The average molecular weight is 406 g/mol. The highest BCUT2D eigenvalue weighted by atomic mass is 32.2. The smallest absolute Gasteiger partial charge is 0.209 e. The second-order valence-corrected chi connectivity index (χ2v) is 7.79. The highest BCUT2D eigenvalue weighted by Gasteiger charge is 2.08. The van der Waals surface area contributed by atoms with Crippen LogP contribution in [-0.2, 0) is 20.2 Å². The van der Waals surface area contributed by atoms with Crippen molar-refractivity contribution in [2.24, 2.45) is 7.05 Å². The molecule has 0 unspecified atom stereocenters. The Kier molecular flexibility index (Phi) is 7.49. The minimum absolute atomic E-state index is 0.559. The predicted octanol–water partition coefficient (Wildman–Crippen LogP) is 3.13. The minimum atomic E-state index is 0.559. The SMILES string of the molecule is CCOc1cc(CNCCSc2nnnn2C)ccc1OCc1cccs1. The molecule has 0 aliphatic carbocycles. The molecular weight excluding hydrogens is 382 g/mol. The zero-order valence-corrected chi connectivity index (χ0v) is 17.1. The molecule has 7 nitrogen and oxygen atoms in total. The molecule has 0 fully saturated rings. The number of nitrogens with one attached hydrogen (secondary N) is 1. The zero-order chi connectivity index (χ0) is 18.9. The van der Waals surface area contributed by atoms with E-state index in [-0.39, 0.29) is 0 Å². The summed E-state index contributed by atoms with van der Waals surface area (Å²) in [6.45, 7) is 4.77. The van der Waals surface area contributed by atoms with Crippen molar-refractivity contribution in [2.75, 3.05) is 18.9 Å². The molecule has 0 amide bonds. The lowest BCUT2D eigenvalue weighted by Crippen LogP contribution is -2.17. The van der Waals surface area contributed by atoms with Gasteiger partial charge in [0.2, 0.25) is 5.16 Å². The maximum Gasteiger partial charge on any atom is 0.209 e. The molecule has 2 heterocycles. The van der Waals surface area contributed by atoms with Crippen LogP contribution in [0.5, 0.6) is 11.5 Å². The largest absolute Gasteiger partial charge is 0.490 e. The van der Waals surface area contributed by atoms with Crippen LogP contribution in [0.15, 0.2) is 40.9 Å². The van der Waals surface area contributed by atoms with E-state index in [2.05, 4.69) is 38.4 Å². The van der Waals surface area contributed by atoms with Crippen molar-refractivity contribution in [3.63, 3.8) is 0 Å². The number of hydrogen-bond acceptors (Lipinski definition) is 8. The summed E-state index contributed by atoms with van der Waals surface area (Å²) in [5, 5.41) is 17.7. The third-order valence-corrected chi connectivity index (χ3v) is 5.54. The van der Waals surface area contributed by atoms with E-state index in [1.807, 2.05) is 32.2 Å². The molecule has 0 spiro atoms. The van der Waals surface area contributed by atoms with Crippen LogP contribution >= 0.6 is 23.1 Å². The summed E-state index contributed by atoms with van der Waals surface area (Å²) in [7, 11) is 1.84. The fourth-order valence-corrected chi connectivity index (χ4v) is 3.75. The van der Waals surface area contributed by atoms with E-state index in [1.165, 1.54) is 4.88 Å². The van der Waals surface area contributed by atoms with Gasteiger partial charge in [-0.2, -0.15) is 0 Å². The number of tetrazole rings is 1. The van der Waals surface area contributed by atoms with Crippen LogP contribution in [-0.4, -0.2) is 39.1 Å². The number of benzene rings is 1. The maximum absolute atomic E-state index is 5.93. The molecule has 1 N–H and O–H groups in total. The van der Waals surface area contributed by atoms with Crippen LogP contribution in [0.4, 0.5) is 0 Å². The van der Waals surface area contributed by atoms with Gasteiger partial charge in [0.25, 0.3) is 0 Å². The molecule has 0 aliphatic heterocycles. The highest BCUT2D eigenvalue weighted by Crippen LogP contribution is 2.29. The number of ether oxygens (including phenoxy) is 2. The highest BCUT2D eigenvalue weighted by molar-refractivity contribution is 7.99. The van der Waals surface area contributed by atoms with Gasteiger partial charge in [0.15, 0.2) is 11.5 Å². The van der Waals surface area contributed by atoms with E-state index in [0.717, 1.165) is 41.1 Å². The quantitative estimate of drug-likeness (QED) is 0.388. The Hall–Kier alpha value is -2.10. The number of aromatic nitrogens is 4. The van der Waals surface area contributed by atoms with E-state index in [1.54, 1.807) is 27.8 Å². The topological polar surface area (TPSA) is 74.1 Å². The van der Waals surface area contributed by atoms with E-state index in [4.69, 9.17) is 9.47 Å². The molecule has 2 aromatic heterocycles. The van der Waals surface area contributed by atoms with Crippen LogP contribution in [0.3, 0.4) is 0 Å². The van der Waals surface area contributed by atoms with Gasteiger partial charge in [-0.05, 0) is 46.5 Å². The lowest BCUT2D eigenvalue weighted by molar-refractivity contribution is 0.271. The van der Waals surface area contributed by atoms with Gasteiger partial charge in [0.05, 0.1) is 6.61 Å². The van der Waals surface area contributed by atoms with Gasteiger partial charge in [0.1, 0.15) is 6.61 Å². The fraction of sp³-hybridized carbons (Fsp3) is 0.389. The van der Waals surface area contributed by atoms with E-state index >= 15 is 0 Å². The van der Waals surface area contributed by atoms with Crippen molar-refractivity contribution in [1.29, 1.82) is 0 Å². The average Bonchev–Trinajstić information content (AvgIpc) is 3.33. The Morgan fingerprint density at radius 1 is 1.22 bits per heavy atom. The molecule has 1 aromatic carbocycles. The Morgan fingerprint density at radius 3 is 2.89 bits per heavy atom. The van der Waals surface area contributed by atoms with Gasteiger partial charge in [-0.25, -0.2) is 4.68 Å². The van der Waals surface area contributed by atoms with Crippen LogP contribution in [0.2, 0.25) is 0 Å². The first-order chi connectivity index (χ1) is 13.3. The summed E-state index contributed by atoms with van der Waals surface area (Å²) in [5.74, 6) is 2.46. The van der Waals surface area contributed by atoms with Gasteiger partial charge in [0, 0.05) is 30.8 Å². The van der Waals surface area contributed by atoms with Crippen LogP contribution in [0, 0.1) is 0 Å². The third kappa shape index (κ3) is 5.95. The summed E-state index contributed by atoms with van der Waals surface area (Å²) in [4.78, 5) is 1.19. The first-order valence-corrected chi connectivity index (χ1v) is 10.6. The molecule has 0 aliphatic rings. The molecule has 27 heavy (non-hydrogen) atoms. The second-order valence-electron chi connectivity index (χ2n) is 5.69. The molecule has 3 aromatic rings. The van der Waals surface area contributed by atoms with Gasteiger partial charge in [-0.15, -0.1) is 16.4 Å². The van der Waals surface area contributed by atoms with Crippen molar-refractivity contribution in [1.82, 2.24) is 25.5 Å². The maximum atomic E-state index is 5.93. The number of thiophene rings is 1. The lowest BCUT2D eigenvalue weighted by Gasteiger charge is -2.13. The van der Waals surface area contributed by atoms with Crippen molar-refractivity contribution in [2.45, 2.75) is 25.2 Å². The number of thioether (sulfide) groups is 1. The number of aryl methyl sites for hydroxylation is 1. The summed E-state index contributed by atoms with van der Waals surface area (Å²) in [6, 6.07) is 10.2. The van der Waals surface area contributed by atoms with Crippen LogP contribution in [0.1, 0.15) is 17.4 Å². The summed E-state index contributed by atoms with van der Waals surface area (Å²) in [6.07, 6.45) is 0. The van der Waals surface area contributed by atoms with E-state index in [0.29, 0.717) is 13.2 Å². The third-order valence-electron chi connectivity index (χ3n) is 3.68. The molecule has 0 saturated heterocycles. The molecule has 0 radical (unpaired) electrons. The molecule has 0 bridgehead atoms. The Bertz CT molecular complexity index is 823. The predicted molar refractivity (Wildman–Crippen MR) is 107 cm³/mol. The second kappa shape index (κ2) is 10.3. The number of rotatable bonds is 11. The Labute approximate surface area is 167 Å². The Balaban J connectivity index is 1.48. The van der Waals surface area contributed by atoms with Crippen molar-refractivity contribution < 1.29 is 9.47 Å². The minimum Gasteiger partial charge on any atom is -0.490 e. The monoisotopic (exact) mass is 405 g/mol. The normalized spacial score (nSPS) is 10.9. The van der Waals surface area contributed by atoms with Crippen LogP contribution < -0.4 is 14.8 Å². The van der Waals surface area contributed by atoms with E-state index in [9.17, 15) is 0 Å². The molecule has 9 heteroatoms. The van der Waals surface area contributed by atoms with Gasteiger partial charge >= 0.3 is 0 Å². The first-order valence-electron chi connectivity index (χ1n) is 8.73. The number of hydrogen-bond donors (Lipinski definition) is 1. The van der Waals surface area contributed by atoms with Gasteiger partial charge in [-0.3, -0.25) is 0 Å². The van der Waals surface area contributed by atoms with Crippen molar-refractivity contribution >= 4 is 23.1 Å². The fourth-order valence-electron chi connectivity index (χ4n) is 2.38. The lowest BCUT2D eigenvalue weighted by atomic mass is 10.2. The summed E-state index contributed by atoms with van der Waals surface area (Å²) in [5.41, 5.74) is 1.16. The summed E-state index contributed by atoms with van der Waals surface area (Å²) >= 11 is 3.32. The molecule has 144 valence electrons. The molecule has 3 rings (SSSR count). The van der Waals surface area contributed by atoms with E-state index < -0.39 is 0 Å². The van der Waals surface area contributed by atoms with Crippen LogP contribution in [0.25, 0.3) is 0 Å². The first kappa shape index (κ1) is 19.7. The standard InChI is InChI=1S/C18H23N5O2S2/c1-3-24-17-11-14(6-7-16(17)25-13-15-5-4-9-26-15)12-19-8-10-27-18-20-21-22-23(18)2/h4-7,9,11,19H,3,8,10,12-13H2,1-2H3. The van der Waals surface area contributed by atoms with Crippen molar-refractivity contribution in [3.8, 4) is 11.5 Å². The van der Waals surface area contributed by atoms with Gasteiger partial charge in [-0.1, -0.05) is 23.9 Å². The molecule has 0 saturated carbocycles. The number of nitrogens with zero attached hydrogens (tertiary/aromatic N) is 4. The van der Waals surface area contributed by atoms with Crippen molar-refractivity contribution in [3.05, 3.63) is 46.2 Å².